The molecule has 25 heavy (non-hydrogen) atoms. The van der Waals surface area contributed by atoms with Crippen LogP contribution >= 0.6 is 11.6 Å². The van der Waals surface area contributed by atoms with Crippen LogP contribution in [0.1, 0.15) is 24.0 Å². The maximum Gasteiger partial charge on any atom is 0.290 e. The van der Waals surface area contributed by atoms with Crippen molar-refractivity contribution in [2.24, 2.45) is 0 Å². The fourth-order valence-corrected chi connectivity index (χ4v) is 2.49. The van der Waals surface area contributed by atoms with Gasteiger partial charge in [0, 0.05) is 17.1 Å². The molecule has 0 saturated heterocycles. The number of aromatic nitrogens is 3. The molecule has 1 N–H and O–H groups in total. The van der Waals surface area contributed by atoms with Crippen molar-refractivity contribution in [2.45, 2.75) is 13.3 Å². The third kappa shape index (κ3) is 3.85. The van der Waals surface area contributed by atoms with Gasteiger partial charge >= 0.3 is 0 Å². The predicted molar refractivity (Wildman–Crippen MR) is 94.4 cm³/mol. The Bertz CT molecular complexity index is 892. The summed E-state index contributed by atoms with van der Waals surface area (Å²) in [5, 5.41) is 7.59. The van der Waals surface area contributed by atoms with E-state index in [1.807, 2.05) is 13.0 Å². The zero-order valence-corrected chi connectivity index (χ0v) is 14.3. The summed E-state index contributed by atoms with van der Waals surface area (Å²) in [5.74, 6) is -0.205. The lowest BCUT2D eigenvalue weighted by molar-refractivity contribution is 0.0943. The highest BCUT2D eigenvalue weighted by Gasteiger charge is 2.18. The van der Waals surface area contributed by atoms with E-state index < -0.39 is 0 Å². The second kappa shape index (κ2) is 7.44. The molecule has 0 aliphatic heterocycles. The van der Waals surface area contributed by atoms with Crippen LogP contribution in [0.15, 0.2) is 48.5 Å². The third-order valence-corrected chi connectivity index (χ3v) is 3.73. The number of rotatable bonds is 5. The van der Waals surface area contributed by atoms with Gasteiger partial charge in [-0.1, -0.05) is 30.7 Å². The largest absolute Gasteiger partial charge is 0.349 e. The Hall–Kier alpha value is -2.73. The lowest BCUT2D eigenvalue weighted by Gasteiger charge is -2.06. The molecular weight excluding hydrogens is 343 g/mol. The third-order valence-electron chi connectivity index (χ3n) is 3.50. The van der Waals surface area contributed by atoms with Gasteiger partial charge in [0.25, 0.3) is 5.91 Å². The summed E-state index contributed by atoms with van der Waals surface area (Å²) >= 11 is 6.07. The van der Waals surface area contributed by atoms with Crippen LogP contribution in [0.4, 0.5) is 4.39 Å². The Morgan fingerprint density at radius 2 is 2.00 bits per heavy atom. The SMILES string of the molecule is CCCNC(=O)c1nc(-c2cccc(Cl)c2)n(-c2ccc(F)cc2)n1. The molecule has 7 heteroatoms. The smallest absolute Gasteiger partial charge is 0.290 e. The first-order valence-electron chi connectivity index (χ1n) is 7.85. The Morgan fingerprint density at radius 3 is 2.68 bits per heavy atom. The van der Waals surface area contributed by atoms with Gasteiger partial charge in [-0.25, -0.2) is 14.1 Å². The van der Waals surface area contributed by atoms with Crippen molar-refractivity contribution >= 4 is 17.5 Å². The zero-order valence-electron chi connectivity index (χ0n) is 13.5. The minimum Gasteiger partial charge on any atom is -0.349 e. The molecule has 3 aromatic rings. The average molecular weight is 359 g/mol. The number of hydrogen-bond donors (Lipinski definition) is 1. The lowest BCUT2D eigenvalue weighted by atomic mass is 10.2. The number of carbonyl (C=O) groups excluding carboxylic acids is 1. The fraction of sp³-hybridized carbons (Fsp3) is 0.167. The maximum absolute atomic E-state index is 13.2. The summed E-state index contributed by atoms with van der Waals surface area (Å²) in [5.41, 5.74) is 1.30. The Kier molecular flexibility index (Phi) is 5.09. The summed E-state index contributed by atoms with van der Waals surface area (Å²) in [6, 6.07) is 12.9. The summed E-state index contributed by atoms with van der Waals surface area (Å²) in [4.78, 5) is 16.6. The molecule has 3 rings (SSSR count). The van der Waals surface area contributed by atoms with Crippen LogP contribution in [0.25, 0.3) is 17.1 Å². The van der Waals surface area contributed by atoms with Crippen LogP contribution in [-0.2, 0) is 0 Å². The number of hydrogen-bond acceptors (Lipinski definition) is 3. The first-order chi connectivity index (χ1) is 12.1. The van der Waals surface area contributed by atoms with E-state index in [0.29, 0.717) is 28.6 Å². The molecule has 0 unspecified atom stereocenters. The number of halogens is 2. The second-order valence-electron chi connectivity index (χ2n) is 5.41. The molecule has 0 saturated carbocycles. The van der Waals surface area contributed by atoms with E-state index >= 15 is 0 Å². The minimum absolute atomic E-state index is 0.0488. The van der Waals surface area contributed by atoms with Crippen molar-refractivity contribution in [1.29, 1.82) is 0 Å². The highest BCUT2D eigenvalue weighted by atomic mass is 35.5. The van der Waals surface area contributed by atoms with E-state index in [2.05, 4.69) is 15.4 Å². The molecule has 0 atom stereocenters. The van der Waals surface area contributed by atoms with Gasteiger partial charge < -0.3 is 5.32 Å². The summed E-state index contributed by atoms with van der Waals surface area (Å²) in [7, 11) is 0. The van der Waals surface area contributed by atoms with Crippen molar-refractivity contribution in [3.63, 3.8) is 0 Å². The molecule has 1 heterocycles. The van der Waals surface area contributed by atoms with Gasteiger partial charge in [0.2, 0.25) is 5.82 Å². The van der Waals surface area contributed by atoms with Gasteiger partial charge in [-0.05, 0) is 42.8 Å². The van der Waals surface area contributed by atoms with Crippen LogP contribution < -0.4 is 5.32 Å². The van der Waals surface area contributed by atoms with E-state index in [4.69, 9.17) is 11.6 Å². The molecule has 0 radical (unpaired) electrons. The van der Waals surface area contributed by atoms with Crippen LogP contribution in [0.5, 0.6) is 0 Å². The molecule has 1 amide bonds. The van der Waals surface area contributed by atoms with Gasteiger partial charge in [-0.3, -0.25) is 4.79 Å². The Labute approximate surface area is 149 Å². The number of benzene rings is 2. The van der Waals surface area contributed by atoms with E-state index in [1.165, 1.54) is 16.8 Å². The van der Waals surface area contributed by atoms with Crippen molar-refractivity contribution in [3.8, 4) is 17.1 Å². The molecule has 5 nitrogen and oxygen atoms in total. The molecule has 0 fully saturated rings. The quantitative estimate of drug-likeness (QED) is 0.753. The first kappa shape index (κ1) is 17.1. The predicted octanol–water partition coefficient (Wildman–Crippen LogP) is 3.87. The number of nitrogens with one attached hydrogen (secondary N) is 1. The van der Waals surface area contributed by atoms with E-state index in [1.54, 1.807) is 30.3 Å². The van der Waals surface area contributed by atoms with E-state index in [0.717, 1.165) is 6.42 Å². The van der Waals surface area contributed by atoms with Crippen LogP contribution in [0.2, 0.25) is 5.02 Å². The van der Waals surface area contributed by atoms with Crippen molar-refractivity contribution in [1.82, 2.24) is 20.1 Å². The van der Waals surface area contributed by atoms with Gasteiger partial charge in [0.1, 0.15) is 5.82 Å². The normalized spacial score (nSPS) is 10.7. The molecule has 128 valence electrons. The first-order valence-corrected chi connectivity index (χ1v) is 8.23. The van der Waals surface area contributed by atoms with Crippen molar-refractivity contribution < 1.29 is 9.18 Å². The summed E-state index contributed by atoms with van der Waals surface area (Å²) in [6.45, 7) is 2.50. The summed E-state index contributed by atoms with van der Waals surface area (Å²) < 4.78 is 14.7. The molecule has 0 aliphatic rings. The van der Waals surface area contributed by atoms with Gasteiger partial charge in [-0.2, -0.15) is 0 Å². The fourth-order valence-electron chi connectivity index (χ4n) is 2.30. The number of nitrogens with zero attached hydrogens (tertiary/aromatic N) is 3. The van der Waals surface area contributed by atoms with Gasteiger partial charge in [0.05, 0.1) is 5.69 Å². The molecular formula is C18H16ClFN4O. The number of amides is 1. The monoisotopic (exact) mass is 358 g/mol. The second-order valence-corrected chi connectivity index (χ2v) is 5.85. The Balaban J connectivity index is 2.09. The zero-order chi connectivity index (χ0) is 17.8. The van der Waals surface area contributed by atoms with Crippen molar-refractivity contribution in [3.05, 3.63) is 65.2 Å². The molecule has 0 spiro atoms. The average Bonchev–Trinajstić information content (AvgIpc) is 3.06. The maximum atomic E-state index is 13.2. The topological polar surface area (TPSA) is 59.8 Å². The van der Waals surface area contributed by atoms with Gasteiger partial charge in [0.15, 0.2) is 5.82 Å². The molecule has 0 aliphatic carbocycles. The molecule has 1 aromatic heterocycles. The van der Waals surface area contributed by atoms with Crippen molar-refractivity contribution in [2.75, 3.05) is 6.54 Å². The van der Waals surface area contributed by atoms with Crippen LogP contribution in [0.3, 0.4) is 0 Å². The lowest BCUT2D eigenvalue weighted by Crippen LogP contribution is -2.25. The standard InChI is InChI=1S/C18H16ClFN4O/c1-2-10-21-18(25)16-22-17(12-4-3-5-13(19)11-12)24(23-16)15-8-6-14(20)7-9-15/h3-9,11H,2,10H2,1H3,(H,21,25). The molecule has 0 bridgehead atoms. The highest BCUT2D eigenvalue weighted by Crippen LogP contribution is 2.24. The van der Waals surface area contributed by atoms with Crippen LogP contribution in [-0.4, -0.2) is 27.2 Å². The minimum atomic E-state index is -0.356. The Morgan fingerprint density at radius 1 is 1.24 bits per heavy atom. The summed E-state index contributed by atoms with van der Waals surface area (Å²) in [6.07, 6.45) is 0.811. The number of carbonyl (C=O) groups is 1. The van der Waals surface area contributed by atoms with E-state index in [-0.39, 0.29) is 17.5 Å². The highest BCUT2D eigenvalue weighted by molar-refractivity contribution is 6.30. The van der Waals surface area contributed by atoms with Crippen LogP contribution in [0, 0.1) is 5.82 Å². The molecule has 2 aromatic carbocycles. The van der Waals surface area contributed by atoms with E-state index in [9.17, 15) is 9.18 Å². The van der Waals surface area contributed by atoms with Gasteiger partial charge in [-0.15, -0.1) is 5.10 Å².